The van der Waals surface area contributed by atoms with Crippen LogP contribution < -0.4 is 5.73 Å². The molecule has 1 unspecified atom stereocenters. The van der Waals surface area contributed by atoms with Gasteiger partial charge in [-0.25, -0.2) is 13.2 Å². The molecule has 2 rings (SSSR count). The largest absolute Gasteiger partial charge is 0.376 e. The summed E-state index contributed by atoms with van der Waals surface area (Å²) >= 11 is 0. The zero-order valence-corrected chi connectivity index (χ0v) is 10.2. The molecule has 100 valence electrons. The molecule has 1 aliphatic rings. The third-order valence-electron chi connectivity index (χ3n) is 3.82. The molecule has 0 radical (unpaired) electrons. The van der Waals surface area contributed by atoms with Gasteiger partial charge < -0.3 is 10.5 Å². The van der Waals surface area contributed by atoms with E-state index >= 15 is 0 Å². The van der Waals surface area contributed by atoms with E-state index in [9.17, 15) is 13.2 Å². The lowest BCUT2D eigenvalue weighted by Crippen LogP contribution is -2.41. The molecule has 1 aromatic carbocycles. The summed E-state index contributed by atoms with van der Waals surface area (Å²) in [6.07, 6.45) is 3.27. The van der Waals surface area contributed by atoms with Crippen molar-refractivity contribution in [2.24, 2.45) is 5.73 Å². The van der Waals surface area contributed by atoms with Crippen molar-refractivity contribution in [3.05, 3.63) is 35.1 Å². The van der Waals surface area contributed by atoms with Crippen LogP contribution in [0.15, 0.2) is 12.1 Å². The van der Waals surface area contributed by atoms with Crippen molar-refractivity contribution < 1.29 is 17.9 Å². The summed E-state index contributed by atoms with van der Waals surface area (Å²) in [7, 11) is 1.52. The van der Waals surface area contributed by atoms with Crippen molar-refractivity contribution in [3.8, 4) is 0 Å². The third-order valence-corrected chi connectivity index (χ3v) is 3.82. The average molecular weight is 259 g/mol. The molecule has 0 bridgehead atoms. The summed E-state index contributed by atoms with van der Waals surface area (Å²) in [4.78, 5) is 0. The molecule has 1 aromatic rings. The Kier molecular flexibility index (Phi) is 3.64. The van der Waals surface area contributed by atoms with E-state index in [1.165, 1.54) is 13.2 Å². The zero-order chi connectivity index (χ0) is 13.3. The van der Waals surface area contributed by atoms with Crippen LogP contribution in [0, 0.1) is 17.5 Å². The van der Waals surface area contributed by atoms with Crippen molar-refractivity contribution in [2.45, 2.75) is 37.3 Å². The molecule has 0 aliphatic heterocycles. The first kappa shape index (κ1) is 13.4. The van der Waals surface area contributed by atoms with Gasteiger partial charge in [-0.15, -0.1) is 0 Å². The first-order chi connectivity index (χ1) is 8.52. The number of halogens is 3. The van der Waals surface area contributed by atoms with Crippen LogP contribution >= 0.6 is 0 Å². The van der Waals surface area contributed by atoms with Gasteiger partial charge in [0, 0.05) is 12.7 Å². The lowest BCUT2D eigenvalue weighted by Gasteiger charge is -2.34. The maximum absolute atomic E-state index is 13.7. The Balaban J connectivity index is 2.39. The highest BCUT2D eigenvalue weighted by Crippen LogP contribution is 2.42. The fraction of sp³-hybridized carbons (Fsp3) is 0.538. The van der Waals surface area contributed by atoms with Gasteiger partial charge in [-0.2, -0.15) is 0 Å². The molecule has 1 aliphatic carbocycles. The lowest BCUT2D eigenvalue weighted by atomic mass is 9.87. The fourth-order valence-corrected chi connectivity index (χ4v) is 2.68. The van der Waals surface area contributed by atoms with Crippen LogP contribution in [-0.4, -0.2) is 12.7 Å². The fourth-order valence-electron chi connectivity index (χ4n) is 2.68. The van der Waals surface area contributed by atoms with Gasteiger partial charge in [0.15, 0.2) is 17.5 Å². The molecule has 1 fully saturated rings. The Labute approximate surface area is 104 Å². The Bertz CT molecular complexity index is 444. The van der Waals surface area contributed by atoms with Gasteiger partial charge in [0.05, 0.1) is 11.6 Å². The minimum absolute atomic E-state index is 0.0300. The van der Waals surface area contributed by atoms with Crippen LogP contribution in [0.5, 0.6) is 0 Å². The van der Waals surface area contributed by atoms with Gasteiger partial charge in [0.2, 0.25) is 0 Å². The predicted molar refractivity (Wildman–Crippen MR) is 61.5 cm³/mol. The van der Waals surface area contributed by atoms with Crippen LogP contribution in [0.4, 0.5) is 13.2 Å². The lowest BCUT2D eigenvalue weighted by molar-refractivity contribution is -0.0273. The van der Waals surface area contributed by atoms with E-state index < -0.39 is 29.1 Å². The zero-order valence-electron chi connectivity index (χ0n) is 10.2. The monoisotopic (exact) mass is 259 g/mol. The molecule has 5 heteroatoms. The highest BCUT2D eigenvalue weighted by atomic mass is 19.2. The van der Waals surface area contributed by atoms with Gasteiger partial charge in [0.25, 0.3) is 0 Å². The summed E-state index contributed by atoms with van der Waals surface area (Å²) in [5.74, 6) is -3.90. The van der Waals surface area contributed by atoms with Crippen molar-refractivity contribution in [1.82, 2.24) is 0 Å². The van der Waals surface area contributed by atoms with Crippen LogP contribution in [0.1, 0.15) is 37.3 Å². The quantitative estimate of drug-likeness (QED) is 0.847. The average Bonchev–Trinajstić information content (AvgIpc) is 2.85. The van der Waals surface area contributed by atoms with Gasteiger partial charge in [0.1, 0.15) is 0 Å². The van der Waals surface area contributed by atoms with Gasteiger partial charge >= 0.3 is 0 Å². The topological polar surface area (TPSA) is 35.2 Å². The van der Waals surface area contributed by atoms with Crippen molar-refractivity contribution in [1.29, 1.82) is 0 Å². The number of methoxy groups -OCH3 is 1. The minimum Gasteiger partial charge on any atom is -0.376 e. The molecular formula is C13H16F3NO. The SMILES string of the molecule is COC1(C(N)c2ccc(F)c(F)c2F)CCCC1. The van der Waals surface area contributed by atoms with E-state index in [1.807, 2.05) is 0 Å². The van der Waals surface area contributed by atoms with E-state index in [2.05, 4.69) is 0 Å². The van der Waals surface area contributed by atoms with Crippen LogP contribution in [0.2, 0.25) is 0 Å². The summed E-state index contributed by atoms with van der Waals surface area (Å²) in [5, 5.41) is 0. The second kappa shape index (κ2) is 4.90. The Morgan fingerprint density at radius 2 is 1.78 bits per heavy atom. The summed E-state index contributed by atoms with van der Waals surface area (Å²) < 4.78 is 45.3. The molecule has 18 heavy (non-hydrogen) atoms. The summed E-state index contributed by atoms with van der Waals surface area (Å²) in [6.45, 7) is 0. The second-order valence-corrected chi connectivity index (χ2v) is 4.72. The number of ether oxygens (including phenoxy) is 1. The molecule has 2 N–H and O–H groups in total. The van der Waals surface area contributed by atoms with Gasteiger partial charge in [-0.3, -0.25) is 0 Å². The first-order valence-corrected chi connectivity index (χ1v) is 5.96. The molecule has 2 nitrogen and oxygen atoms in total. The summed E-state index contributed by atoms with van der Waals surface area (Å²) in [6, 6.07) is 1.30. The highest BCUT2D eigenvalue weighted by molar-refractivity contribution is 5.26. The highest BCUT2D eigenvalue weighted by Gasteiger charge is 2.41. The summed E-state index contributed by atoms with van der Waals surface area (Å²) in [5.41, 5.74) is 5.31. The second-order valence-electron chi connectivity index (χ2n) is 4.72. The van der Waals surface area contributed by atoms with Crippen LogP contribution in [0.3, 0.4) is 0 Å². The number of hydrogen-bond donors (Lipinski definition) is 1. The van der Waals surface area contributed by atoms with Crippen LogP contribution in [-0.2, 0) is 4.74 Å². The van der Waals surface area contributed by atoms with Crippen molar-refractivity contribution >= 4 is 0 Å². The third kappa shape index (κ3) is 2.01. The van der Waals surface area contributed by atoms with Crippen molar-refractivity contribution in [3.63, 3.8) is 0 Å². The van der Waals surface area contributed by atoms with E-state index in [0.717, 1.165) is 18.9 Å². The van der Waals surface area contributed by atoms with Crippen molar-refractivity contribution in [2.75, 3.05) is 7.11 Å². The molecule has 0 saturated heterocycles. The smallest absolute Gasteiger partial charge is 0.194 e. The number of hydrogen-bond acceptors (Lipinski definition) is 2. The molecule has 0 aromatic heterocycles. The molecular weight excluding hydrogens is 243 g/mol. The molecule has 0 spiro atoms. The molecule has 1 atom stereocenters. The number of nitrogens with two attached hydrogens (primary N) is 1. The predicted octanol–water partition coefficient (Wildman–Crippen LogP) is 3.06. The molecule has 0 amide bonds. The van der Waals surface area contributed by atoms with E-state index in [4.69, 9.17) is 10.5 Å². The molecule has 0 heterocycles. The van der Waals surface area contributed by atoms with Gasteiger partial charge in [-0.1, -0.05) is 18.9 Å². The number of rotatable bonds is 3. The molecule has 1 saturated carbocycles. The Morgan fingerprint density at radius 1 is 1.17 bits per heavy atom. The Morgan fingerprint density at radius 3 is 2.33 bits per heavy atom. The van der Waals surface area contributed by atoms with E-state index in [0.29, 0.717) is 12.8 Å². The minimum atomic E-state index is -1.48. The standard InChI is InChI=1S/C13H16F3NO/c1-18-13(6-2-3-7-13)12(17)8-4-5-9(14)11(16)10(8)15/h4-5,12H,2-3,6-7,17H2,1H3. The number of benzene rings is 1. The first-order valence-electron chi connectivity index (χ1n) is 5.96. The van der Waals surface area contributed by atoms with Crippen LogP contribution in [0.25, 0.3) is 0 Å². The van der Waals surface area contributed by atoms with Gasteiger partial charge in [-0.05, 0) is 18.9 Å². The van der Waals surface area contributed by atoms with E-state index in [1.54, 1.807) is 0 Å². The van der Waals surface area contributed by atoms with E-state index in [-0.39, 0.29) is 5.56 Å². The maximum Gasteiger partial charge on any atom is 0.194 e. The Hall–Kier alpha value is -1.07. The normalized spacial score (nSPS) is 20.1. The maximum atomic E-state index is 13.7.